The van der Waals surface area contributed by atoms with E-state index in [2.05, 4.69) is 16.5 Å². The minimum atomic E-state index is -0.459. The molecular formula is C28H33N3O4. The summed E-state index contributed by atoms with van der Waals surface area (Å²) in [4.78, 5) is 34.2. The van der Waals surface area contributed by atoms with Gasteiger partial charge < -0.3 is 14.1 Å². The molecule has 7 heteroatoms. The molecule has 0 bridgehead atoms. The van der Waals surface area contributed by atoms with Crippen LogP contribution in [0.25, 0.3) is 11.0 Å². The normalized spacial score (nSPS) is 14.3. The van der Waals surface area contributed by atoms with Gasteiger partial charge in [0.25, 0.3) is 0 Å². The van der Waals surface area contributed by atoms with Crippen LogP contribution in [0.1, 0.15) is 29.2 Å². The lowest BCUT2D eigenvalue weighted by Crippen LogP contribution is -2.49. The molecule has 1 aliphatic heterocycles. The Morgan fingerprint density at radius 2 is 1.80 bits per heavy atom. The summed E-state index contributed by atoms with van der Waals surface area (Å²) in [5.41, 5.74) is 4.20. The van der Waals surface area contributed by atoms with Gasteiger partial charge in [-0.3, -0.25) is 14.7 Å². The van der Waals surface area contributed by atoms with E-state index in [1.165, 1.54) is 5.56 Å². The first-order valence-electron chi connectivity index (χ1n) is 12.1. The van der Waals surface area contributed by atoms with Crippen LogP contribution in [0.3, 0.4) is 0 Å². The van der Waals surface area contributed by atoms with Crippen LogP contribution in [-0.2, 0) is 17.6 Å². The van der Waals surface area contributed by atoms with Crippen LogP contribution < -0.4 is 10.4 Å². The van der Waals surface area contributed by atoms with E-state index in [9.17, 15) is 9.59 Å². The molecule has 0 N–H and O–H groups in total. The van der Waals surface area contributed by atoms with Crippen LogP contribution in [0, 0.1) is 13.8 Å². The van der Waals surface area contributed by atoms with Crippen molar-refractivity contribution >= 4 is 16.9 Å². The Morgan fingerprint density at radius 3 is 2.49 bits per heavy atom. The van der Waals surface area contributed by atoms with Gasteiger partial charge in [0.2, 0.25) is 5.91 Å². The molecule has 184 valence electrons. The second-order valence-corrected chi connectivity index (χ2v) is 9.31. The number of piperazine rings is 1. The molecular weight excluding hydrogens is 442 g/mol. The smallest absolute Gasteiger partial charge is 0.340 e. The summed E-state index contributed by atoms with van der Waals surface area (Å²) in [6, 6.07) is 7.85. The molecule has 0 aliphatic carbocycles. The highest BCUT2D eigenvalue weighted by Crippen LogP contribution is 2.30. The predicted octanol–water partition coefficient (Wildman–Crippen LogP) is 3.69. The molecule has 1 aromatic carbocycles. The Hall–Kier alpha value is -3.45. The van der Waals surface area contributed by atoms with Crippen molar-refractivity contribution in [1.82, 2.24) is 14.8 Å². The zero-order valence-corrected chi connectivity index (χ0v) is 20.8. The Bertz CT molecular complexity index is 1270. The van der Waals surface area contributed by atoms with E-state index < -0.39 is 5.63 Å². The summed E-state index contributed by atoms with van der Waals surface area (Å²) in [6.07, 6.45) is 4.64. The van der Waals surface area contributed by atoms with Crippen molar-refractivity contribution < 1.29 is 13.9 Å². The second-order valence-electron chi connectivity index (χ2n) is 9.31. The number of aryl methyl sites for hydroxylation is 2. The van der Waals surface area contributed by atoms with E-state index in [-0.39, 0.29) is 12.3 Å². The number of pyridine rings is 1. The van der Waals surface area contributed by atoms with Gasteiger partial charge in [-0.2, -0.15) is 0 Å². The molecule has 7 nitrogen and oxygen atoms in total. The lowest BCUT2D eigenvalue weighted by molar-refractivity contribution is -0.132. The molecule has 0 unspecified atom stereocenters. The third-order valence-corrected chi connectivity index (χ3v) is 6.65. The highest BCUT2D eigenvalue weighted by atomic mass is 16.5. The molecule has 35 heavy (non-hydrogen) atoms. The van der Waals surface area contributed by atoms with Crippen molar-refractivity contribution in [3.05, 3.63) is 81.5 Å². The molecule has 1 amide bonds. The topological polar surface area (TPSA) is 75.9 Å². The van der Waals surface area contributed by atoms with Crippen LogP contribution in [-0.4, -0.2) is 60.0 Å². The molecule has 0 radical (unpaired) electrons. The Balaban J connectivity index is 1.41. The number of rotatable bonds is 8. The van der Waals surface area contributed by atoms with Gasteiger partial charge in [0.05, 0.1) is 12.0 Å². The summed E-state index contributed by atoms with van der Waals surface area (Å²) < 4.78 is 11.5. The van der Waals surface area contributed by atoms with Crippen molar-refractivity contribution in [1.29, 1.82) is 0 Å². The third-order valence-electron chi connectivity index (χ3n) is 6.65. The number of amides is 1. The quantitative estimate of drug-likeness (QED) is 0.365. The van der Waals surface area contributed by atoms with Crippen LogP contribution >= 0.6 is 0 Å². The van der Waals surface area contributed by atoms with E-state index in [0.717, 1.165) is 48.1 Å². The first-order chi connectivity index (χ1) is 16.8. The van der Waals surface area contributed by atoms with Crippen molar-refractivity contribution in [3.63, 3.8) is 0 Å². The van der Waals surface area contributed by atoms with Gasteiger partial charge in [-0.25, -0.2) is 4.79 Å². The number of hydrogen-bond donors (Lipinski definition) is 0. The maximum atomic E-state index is 13.1. The molecule has 3 heterocycles. The number of carbonyl (C=O) groups is 1. The largest absolute Gasteiger partial charge is 0.489 e. The van der Waals surface area contributed by atoms with Crippen LogP contribution in [0.2, 0.25) is 0 Å². The van der Waals surface area contributed by atoms with Crippen LogP contribution in [0.5, 0.6) is 5.75 Å². The molecule has 4 rings (SSSR count). The number of ether oxygens (including phenoxy) is 1. The third kappa shape index (κ3) is 5.80. The SMILES string of the molecule is C=C(C)COc1ccc2c(C)c(CC(=O)N3CCN(CCc4ccncc4)CC3)c(=O)oc2c1C. The highest BCUT2D eigenvalue weighted by Gasteiger charge is 2.24. The van der Waals surface area contributed by atoms with E-state index in [1.54, 1.807) is 0 Å². The summed E-state index contributed by atoms with van der Waals surface area (Å²) in [7, 11) is 0. The number of carbonyl (C=O) groups excluding carboxylic acids is 1. The highest BCUT2D eigenvalue weighted by molar-refractivity contribution is 5.87. The molecule has 0 saturated carbocycles. The maximum absolute atomic E-state index is 13.1. The Labute approximate surface area is 206 Å². The molecule has 3 aromatic rings. The number of nitrogens with zero attached hydrogens (tertiary/aromatic N) is 3. The zero-order valence-electron chi connectivity index (χ0n) is 20.8. The minimum absolute atomic E-state index is 0.0355. The summed E-state index contributed by atoms with van der Waals surface area (Å²) >= 11 is 0. The van der Waals surface area contributed by atoms with E-state index in [0.29, 0.717) is 36.6 Å². The van der Waals surface area contributed by atoms with E-state index in [4.69, 9.17) is 9.15 Å². The fourth-order valence-corrected chi connectivity index (χ4v) is 4.45. The molecule has 1 aliphatic rings. The molecule has 0 spiro atoms. The predicted molar refractivity (Wildman–Crippen MR) is 137 cm³/mol. The minimum Gasteiger partial charge on any atom is -0.489 e. The monoisotopic (exact) mass is 475 g/mol. The Kier molecular flexibility index (Phi) is 7.66. The first-order valence-corrected chi connectivity index (χ1v) is 12.1. The lowest BCUT2D eigenvalue weighted by Gasteiger charge is -2.34. The second kappa shape index (κ2) is 10.9. The molecule has 2 aromatic heterocycles. The summed E-state index contributed by atoms with van der Waals surface area (Å²) in [6.45, 7) is 13.8. The van der Waals surface area contributed by atoms with Crippen LogP contribution in [0.15, 0.2) is 58.0 Å². The molecule has 0 atom stereocenters. The molecule has 1 saturated heterocycles. The van der Waals surface area contributed by atoms with Gasteiger partial charge in [-0.1, -0.05) is 6.58 Å². The summed E-state index contributed by atoms with van der Waals surface area (Å²) in [5, 5.41) is 0.827. The fraction of sp³-hybridized carbons (Fsp3) is 0.393. The van der Waals surface area contributed by atoms with Crippen molar-refractivity contribution in [2.24, 2.45) is 0 Å². The van der Waals surface area contributed by atoms with Gasteiger partial charge in [-0.05, 0) is 68.2 Å². The number of hydrogen-bond acceptors (Lipinski definition) is 6. The van der Waals surface area contributed by atoms with Gasteiger partial charge >= 0.3 is 5.63 Å². The van der Waals surface area contributed by atoms with Crippen molar-refractivity contribution in [2.75, 3.05) is 39.3 Å². The first kappa shape index (κ1) is 24.7. The standard InChI is InChI=1S/C28H33N3O4/c1-19(2)18-34-25-6-5-23-20(3)24(28(33)35-27(23)21(25)4)17-26(32)31-15-13-30(14-16-31)12-9-22-7-10-29-11-8-22/h5-8,10-11H,1,9,12-18H2,2-4H3. The maximum Gasteiger partial charge on any atom is 0.340 e. The lowest BCUT2D eigenvalue weighted by atomic mass is 10.0. The number of fused-ring (bicyclic) bond motifs is 1. The van der Waals surface area contributed by atoms with Crippen molar-refractivity contribution in [2.45, 2.75) is 33.6 Å². The number of benzene rings is 1. The van der Waals surface area contributed by atoms with E-state index >= 15 is 0 Å². The van der Waals surface area contributed by atoms with Gasteiger partial charge in [-0.15, -0.1) is 0 Å². The summed E-state index contributed by atoms with van der Waals surface area (Å²) in [5.74, 6) is 0.625. The van der Waals surface area contributed by atoms with Crippen molar-refractivity contribution in [3.8, 4) is 5.75 Å². The average molecular weight is 476 g/mol. The van der Waals surface area contributed by atoms with Crippen LogP contribution in [0.4, 0.5) is 0 Å². The number of aromatic nitrogens is 1. The molecule has 1 fully saturated rings. The fourth-order valence-electron chi connectivity index (χ4n) is 4.45. The van der Waals surface area contributed by atoms with Gasteiger partial charge in [0.1, 0.15) is 17.9 Å². The van der Waals surface area contributed by atoms with Gasteiger partial charge in [0.15, 0.2) is 0 Å². The average Bonchev–Trinajstić information content (AvgIpc) is 2.86. The Morgan fingerprint density at radius 1 is 1.09 bits per heavy atom. The zero-order chi connectivity index (χ0) is 24.9. The van der Waals surface area contributed by atoms with Gasteiger partial charge in [0, 0.05) is 56.1 Å². The van der Waals surface area contributed by atoms with E-state index in [1.807, 2.05) is 62.3 Å².